The average Bonchev–Trinajstić information content (AvgIpc) is 2.99. The summed E-state index contributed by atoms with van der Waals surface area (Å²) in [5, 5.41) is 20.5. The van der Waals surface area contributed by atoms with Gasteiger partial charge in [-0.2, -0.15) is 0 Å². The molecule has 1 amide bonds. The van der Waals surface area contributed by atoms with Crippen LogP contribution in [-0.4, -0.2) is 44.1 Å². The summed E-state index contributed by atoms with van der Waals surface area (Å²) in [6, 6.07) is 8.52. The van der Waals surface area contributed by atoms with E-state index < -0.39 is 24.5 Å². The van der Waals surface area contributed by atoms with E-state index in [2.05, 4.69) is 5.32 Å². The van der Waals surface area contributed by atoms with E-state index in [0.717, 1.165) is 22.3 Å². The molecule has 0 fully saturated rings. The monoisotopic (exact) mass is 381 g/mol. The minimum Gasteiger partial charge on any atom is -0.480 e. The van der Waals surface area contributed by atoms with Gasteiger partial charge in [0.15, 0.2) is 0 Å². The molecule has 1 atom stereocenters. The SMILES string of the molecule is Cc1ccn2c(CC(=O)NC(CO)C(=O)O)c(-c3ccc(C)c(C)c3)nc2c1. The second-order valence-corrected chi connectivity index (χ2v) is 6.96. The number of pyridine rings is 1. The van der Waals surface area contributed by atoms with Crippen LogP contribution in [0.25, 0.3) is 16.9 Å². The Kier molecular flexibility index (Phi) is 5.46. The maximum absolute atomic E-state index is 12.5. The highest BCUT2D eigenvalue weighted by atomic mass is 16.4. The van der Waals surface area contributed by atoms with Crippen LogP contribution in [0.3, 0.4) is 0 Å². The number of aromatic nitrogens is 2. The van der Waals surface area contributed by atoms with Crippen molar-refractivity contribution < 1.29 is 19.8 Å². The quantitative estimate of drug-likeness (QED) is 0.606. The predicted octanol–water partition coefficient (Wildman–Crippen LogP) is 2.03. The van der Waals surface area contributed by atoms with E-state index in [-0.39, 0.29) is 6.42 Å². The van der Waals surface area contributed by atoms with Crippen LogP contribution >= 0.6 is 0 Å². The van der Waals surface area contributed by atoms with E-state index in [4.69, 9.17) is 15.2 Å². The number of hydrogen-bond acceptors (Lipinski definition) is 4. The van der Waals surface area contributed by atoms with Crippen LogP contribution in [0, 0.1) is 20.8 Å². The van der Waals surface area contributed by atoms with Crippen LogP contribution in [0.15, 0.2) is 36.5 Å². The lowest BCUT2D eigenvalue weighted by Gasteiger charge is -2.12. The molecule has 2 aromatic heterocycles. The van der Waals surface area contributed by atoms with Gasteiger partial charge in [-0.05, 0) is 55.7 Å². The highest BCUT2D eigenvalue weighted by molar-refractivity contribution is 5.86. The van der Waals surface area contributed by atoms with Crippen molar-refractivity contribution in [2.75, 3.05) is 6.61 Å². The third-order valence-corrected chi connectivity index (χ3v) is 4.80. The largest absolute Gasteiger partial charge is 0.480 e. The number of aliphatic hydroxyl groups is 1. The molecular weight excluding hydrogens is 358 g/mol. The third-order valence-electron chi connectivity index (χ3n) is 4.80. The zero-order chi connectivity index (χ0) is 20.4. The van der Waals surface area contributed by atoms with Crippen LogP contribution in [0.1, 0.15) is 22.4 Å². The molecular formula is C21H23N3O4. The number of aliphatic carboxylic acids is 1. The first-order chi connectivity index (χ1) is 13.3. The standard InChI is InChI=1S/C21H23N3O4/c1-12-6-7-24-17(10-19(26)22-16(11-25)21(27)28)20(23-18(24)8-12)15-5-4-13(2)14(3)9-15/h4-9,16,25H,10-11H2,1-3H3,(H,22,26)(H,27,28). The molecule has 2 heterocycles. The summed E-state index contributed by atoms with van der Waals surface area (Å²) in [5.74, 6) is -1.77. The summed E-state index contributed by atoms with van der Waals surface area (Å²) in [5.41, 5.74) is 6.28. The molecule has 146 valence electrons. The summed E-state index contributed by atoms with van der Waals surface area (Å²) in [6.07, 6.45) is 1.79. The van der Waals surface area contributed by atoms with Crippen molar-refractivity contribution in [3.05, 3.63) is 58.9 Å². The van der Waals surface area contributed by atoms with Gasteiger partial charge in [-0.25, -0.2) is 9.78 Å². The first-order valence-electron chi connectivity index (χ1n) is 8.98. The van der Waals surface area contributed by atoms with Crippen molar-refractivity contribution in [1.82, 2.24) is 14.7 Å². The van der Waals surface area contributed by atoms with E-state index in [1.807, 2.05) is 61.7 Å². The Morgan fingerprint density at radius 1 is 1.14 bits per heavy atom. The normalized spacial score (nSPS) is 12.1. The minimum absolute atomic E-state index is 0.0593. The molecule has 0 aliphatic carbocycles. The van der Waals surface area contributed by atoms with Crippen LogP contribution in [0.4, 0.5) is 0 Å². The molecule has 3 aromatic rings. The van der Waals surface area contributed by atoms with Gasteiger partial charge in [-0.1, -0.05) is 12.1 Å². The molecule has 0 bridgehead atoms. The van der Waals surface area contributed by atoms with Gasteiger partial charge in [-0.3, -0.25) is 4.79 Å². The number of imidazole rings is 1. The molecule has 0 spiro atoms. The Labute approximate surface area is 162 Å². The number of nitrogens with one attached hydrogen (secondary N) is 1. The molecule has 28 heavy (non-hydrogen) atoms. The Morgan fingerprint density at radius 3 is 2.54 bits per heavy atom. The third kappa shape index (κ3) is 3.89. The molecule has 1 unspecified atom stereocenters. The van der Waals surface area contributed by atoms with Crippen molar-refractivity contribution >= 4 is 17.5 Å². The van der Waals surface area contributed by atoms with Crippen LogP contribution in [0.5, 0.6) is 0 Å². The fourth-order valence-electron chi connectivity index (χ4n) is 3.07. The van der Waals surface area contributed by atoms with Gasteiger partial charge in [0.1, 0.15) is 11.7 Å². The zero-order valence-corrected chi connectivity index (χ0v) is 16.1. The van der Waals surface area contributed by atoms with Crippen molar-refractivity contribution in [2.45, 2.75) is 33.2 Å². The number of aryl methyl sites for hydroxylation is 3. The number of carbonyl (C=O) groups excluding carboxylic acids is 1. The topological polar surface area (TPSA) is 104 Å². The van der Waals surface area contributed by atoms with Crippen LogP contribution in [-0.2, 0) is 16.0 Å². The molecule has 3 rings (SSSR count). The maximum atomic E-state index is 12.5. The second kappa shape index (κ2) is 7.82. The smallest absolute Gasteiger partial charge is 0.328 e. The molecule has 1 aromatic carbocycles. The van der Waals surface area contributed by atoms with Crippen molar-refractivity contribution in [3.8, 4) is 11.3 Å². The highest BCUT2D eigenvalue weighted by Crippen LogP contribution is 2.27. The summed E-state index contributed by atoms with van der Waals surface area (Å²) in [6.45, 7) is 5.35. The number of aliphatic hydroxyl groups excluding tert-OH is 1. The lowest BCUT2D eigenvalue weighted by molar-refractivity contribution is -0.142. The van der Waals surface area contributed by atoms with Crippen molar-refractivity contribution in [3.63, 3.8) is 0 Å². The minimum atomic E-state index is -1.33. The lowest BCUT2D eigenvalue weighted by atomic mass is 10.0. The Bertz CT molecular complexity index is 1060. The van der Waals surface area contributed by atoms with E-state index in [1.54, 1.807) is 0 Å². The van der Waals surface area contributed by atoms with Gasteiger partial charge in [0.05, 0.1) is 24.4 Å². The number of fused-ring (bicyclic) bond motifs is 1. The maximum Gasteiger partial charge on any atom is 0.328 e. The summed E-state index contributed by atoms with van der Waals surface area (Å²) in [7, 11) is 0. The van der Waals surface area contributed by atoms with Crippen molar-refractivity contribution in [2.24, 2.45) is 0 Å². The molecule has 0 saturated carbocycles. The zero-order valence-electron chi connectivity index (χ0n) is 16.1. The Morgan fingerprint density at radius 2 is 1.89 bits per heavy atom. The summed E-state index contributed by atoms with van der Waals surface area (Å²) >= 11 is 0. The Balaban J connectivity index is 2.05. The number of rotatable bonds is 6. The number of amides is 1. The first kappa shape index (κ1) is 19.6. The molecule has 0 radical (unpaired) electrons. The number of carbonyl (C=O) groups is 2. The number of nitrogens with zero attached hydrogens (tertiary/aromatic N) is 2. The van der Waals surface area contributed by atoms with Crippen LogP contribution in [0.2, 0.25) is 0 Å². The van der Waals surface area contributed by atoms with Gasteiger partial charge in [0.2, 0.25) is 5.91 Å². The van der Waals surface area contributed by atoms with E-state index in [0.29, 0.717) is 17.0 Å². The van der Waals surface area contributed by atoms with E-state index in [1.165, 1.54) is 0 Å². The predicted molar refractivity (Wildman–Crippen MR) is 105 cm³/mol. The second-order valence-electron chi connectivity index (χ2n) is 6.96. The fourth-order valence-corrected chi connectivity index (χ4v) is 3.07. The van der Waals surface area contributed by atoms with Crippen molar-refractivity contribution in [1.29, 1.82) is 0 Å². The summed E-state index contributed by atoms with van der Waals surface area (Å²) < 4.78 is 1.84. The average molecular weight is 381 g/mol. The number of carboxylic acids is 1. The van der Waals surface area contributed by atoms with Gasteiger partial charge >= 0.3 is 5.97 Å². The molecule has 0 saturated heterocycles. The first-order valence-corrected chi connectivity index (χ1v) is 8.98. The molecule has 0 aliphatic heterocycles. The lowest BCUT2D eigenvalue weighted by Crippen LogP contribution is -2.44. The number of hydrogen-bond donors (Lipinski definition) is 3. The van der Waals surface area contributed by atoms with Gasteiger partial charge in [0.25, 0.3) is 0 Å². The molecule has 7 nitrogen and oxygen atoms in total. The highest BCUT2D eigenvalue weighted by Gasteiger charge is 2.22. The number of carboxylic acid groups (broad SMARTS) is 1. The molecule has 3 N–H and O–H groups in total. The summed E-state index contributed by atoms with van der Waals surface area (Å²) in [4.78, 5) is 28.3. The number of benzene rings is 1. The molecule has 7 heteroatoms. The van der Waals surface area contributed by atoms with Crippen LogP contribution < -0.4 is 5.32 Å². The van der Waals surface area contributed by atoms with Gasteiger partial charge in [-0.15, -0.1) is 0 Å². The Hall–Kier alpha value is -3.19. The van der Waals surface area contributed by atoms with E-state index >= 15 is 0 Å². The molecule has 0 aliphatic rings. The van der Waals surface area contributed by atoms with Gasteiger partial charge in [0, 0.05) is 11.8 Å². The fraction of sp³-hybridized carbons (Fsp3) is 0.286. The van der Waals surface area contributed by atoms with Gasteiger partial charge < -0.3 is 19.9 Å². The van der Waals surface area contributed by atoms with E-state index in [9.17, 15) is 9.59 Å².